The molecule has 0 aliphatic heterocycles. The van der Waals surface area contributed by atoms with Crippen molar-refractivity contribution >= 4 is 17.6 Å². The molecule has 19 heavy (non-hydrogen) atoms. The molecule has 2 heterocycles. The molecule has 7 nitrogen and oxygen atoms in total. The van der Waals surface area contributed by atoms with Crippen LogP contribution in [0.2, 0.25) is 0 Å². The Bertz CT molecular complexity index is 672. The summed E-state index contributed by atoms with van der Waals surface area (Å²) >= 11 is 0. The van der Waals surface area contributed by atoms with Crippen LogP contribution in [0.1, 0.15) is 20.8 Å². The zero-order chi connectivity index (χ0) is 13.8. The lowest BCUT2D eigenvalue weighted by Crippen LogP contribution is -2.13. The van der Waals surface area contributed by atoms with Crippen molar-refractivity contribution in [2.75, 3.05) is 5.32 Å². The van der Waals surface area contributed by atoms with E-state index in [0.717, 1.165) is 12.3 Å². The molecule has 0 aliphatic rings. The summed E-state index contributed by atoms with van der Waals surface area (Å²) in [6, 6.07) is 5.09. The predicted molar refractivity (Wildman–Crippen MR) is 64.1 cm³/mol. The fraction of sp³-hybridized carbons (Fsp3) is 0. The molecule has 2 N–H and O–H groups in total. The molecule has 0 aromatic carbocycles. The normalized spacial score (nSPS) is 9.89. The van der Waals surface area contributed by atoms with Crippen LogP contribution in [0, 0.1) is 0 Å². The predicted octanol–water partition coefficient (Wildman–Crippen LogP) is 0.985. The Labute approximate surface area is 106 Å². The van der Waals surface area contributed by atoms with Crippen molar-refractivity contribution in [3.63, 3.8) is 0 Å². The lowest BCUT2D eigenvalue weighted by Gasteiger charge is -2.04. The lowest BCUT2D eigenvalue weighted by atomic mass is 10.2. The van der Waals surface area contributed by atoms with Crippen molar-refractivity contribution < 1.29 is 19.1 Å². The van der Waals surface area contributed by atoms with E-state index >= 15 is 0 Å². The zero-order valence-corrected chi connectivity index (χ0v) is 9.49. The maximum atomic E-state index is 11.8. The number of aromatic nitrogens is 1. The van der Waals surface area contributed by atoms with Gasteiger partial charge in [-0.3, -0.25) is 4.79 Å². The number of carboxylic acid groups (broad SMARTS) is 1. The van der Waals surface area contributed by atoms with Gasteiger partial charge in [0.15, 0.2) is 0 Å². The molecule has 0 bridgehead atoms. The number of amides is 1. The minimum absolute atomic E-state index is 0.147. The first-order valence-corrected chi connectivity index (χ1v) is 5.16. The molecule has 1 amide bonds. The van der Waals surface area contributed by atoms with Crippen LogP contribution in [-0.2, 0) is 0 Å². The summed E-state index contributed by atoms with van der Waals surface area (Å²) in [7, 11) is 0. The Balaban J connectivity index is 2.19. The summed E-state index contributed by atoms with van der Waals surface area (Å²) in [6.07, 6.45) is 2.29. The van der Waals surface area contributed by atoms with Crippen molar-refractivity contribution in [1.82, 2.24) is 4.98 Å². The number of hydrogen-bond donors (Lipinski definition) is 2. The fourth-order valence-electron chi connectivity index (χ4n) is 1.32. The number of carboxylic acids is 1. The van der Waals surface area contributed by atoms with Gasteiger partial charge in [-0.25, -0.2) is 14.6 Å². The highest BCUT2D eigenvalue weighted by molar-refractivity contribution is 6.04. The smallest absolute Gasteiger partial charge is 0.354 e. The summed E-state index contributed by atoms with van der Waals surface area (Å²) in [5.41, 5.74) is -0.317. The molecule has 2 aromatic heterocycles. The third-order valence-corrected chi connectivity index (χ3v) is 2.20. The SMILES string of the molecule is O=C(Nc1ccnc(C(=O)O)c1)c1ccc(=O)oc1. The molecule has 0 spiro atoms. The number of aromatic carboxylic acids is 1. The topological polar surface area (TPSA) is 110 Å². The number of anilines is 1. The molecule has 0 saturated heterocycles. The van der Waals surface area contributed by atoms with E-state index in [0.29, 0.717) is 0 Å². The van der Waals surface area contributed by atoms with Crippen LogP contribution in [0.4, 0.5) is 5.69 Å². The molecule has 2 rings (SSSR count). The largest absolute Gasteiger partial charge is 0.477 e. The van der Waals surface area contributed by atoms with E-state index in [4.69, 9.17) is 5.11 Å². The van der Waals surface area contributed by atoms with E-state index in [9.17, 15) is 14.4 Å². The summed E-state index contributed by atoms with van der Waals surface area (Å²) in [5.74, 6) is -1.71. The van der Waals surface area contributed by atoms with Crippen molar-refractivity contribution in [3.8, 4) is 0 Å². The number of nitrogens with zero attached hydrogens (tertiary/aromatic N) is 1. The van der Waals surface area contributed by atoms with Gasteiger partial charge in [-0.1, -0.05) is 0 Å². The molecule has 96 valence electrons. The van der Waals surface area contributed by atoms with Gasteiger partial charge in [-0.2, -0.15) is 0 Å². The van der Waals surface area contributed by atoms with Crippen molar-refractivity contribution in [3.05, 3.63) is 58.4 Å². The van der Waals surface area contributed by atoms with E-state index in [-0.39, 0.29) is 16.9 Å². The average molecular weight is 260 g/mol. The van der Waals surface area contributed by atoms with E-state index in [2.05, 4.69) is 14.7 Å². The van der Waals surface area contributed by atoms with Crippen LogP contribution in [0.5, 0.6) is 0 Å². The summed E-state index contributed by atoms with van der Waals surface area (Å²) in [6.45, 7) is 0. The second kappa shape index (κ2) is 5.13. The number of rotatable bonds is 3. The molecule has 0 unspecified atom stereocenters. The van der Waals surface area contributed by atoms with Gasteiger partial charge in [0, 0.05) is 18.0 Å². The Morgan fingerprint density at radius 1 is 1.26 bits per heavy atom. The Kier molecular flexibility index (Phi) is 3.37. The van der Waals surface area contributed by atoms with E-state index in [1.165, 1.54) is 24.4 Å². The molecule has 0 saturated carbocycles. The molecule has 0 fully saturated rings. The molecular formula is C12H8N2O5. The van der Waals surface area contributed by atoms with Crippen molar-refractivity contribution in [1.29, 1.82) is 0 Å². The number of carbonyl (C=O) groups excluding carboxylic acids is 1. The van der Waals surface area contributed by atoms with Crippen LogP contribution in [-0.4, -0.2) is 22.0 Å². The van der Waals surface area contributed by atoms with Gasteiger partial charge < -0.3 is 14.8 Å². The maximum absolute atomic E-state index is 11.8. The molecular weight excluding hydrogens is 252 g/mol. The van der Waals surface area contributed by atoms with E-state index in [1.807, 2.05) is 0 Å². The van der Waals surface area contributed by atoms with Gasteiger partial charge >= 0.3 is 11.6 Å². The van der Waals surface area contributed by atoms with E-state index in [1.54, 1.807) is 0 Å². The van der Waals surface area contributed by atoms with Gasteiger partial charge in [0.05, 0.1) is 5.56 Å². The number of pyridine rings is 1. The molecule has 0 aliphatic carbocycles. The molecule has 7 heteroatoms. The second-order valence-electron chi connectivity index (χ2n) is 3.53. The van der Waals surface area contributed by atoms with Crippen LogP contribution in [0.3, 0.4) is 0 Å². The standard InChI is InChI=1S/C12H8N2O5/c15-10-2-1-7(6-19-10)11(16)14-8-3-4-13-9(5-8)12(17)18/h1-6H,(H,17,18)(H,13,14,16). The minimum atomic E-state index is -1.19. The summed E-state index contributed by atoms with van der Waals surface area (Å²) < 4.78 is 4.56. The van der Waals surface area contributed by atoms with E-state index < -0.39 is 17.5 Å². The van der Waals surface area contributed by atoms with Crippen LogP contribution >= 0.6 is 0 Å². The Morgan fingerprint density at radius 2 is 2.05 bits per heavy atom. The first-order valence-electron chi connectivity index (χ1n) is 5.16. The quantitative estimate of drug-likeness (QED) is 0.851. The van der Waals surface area contributed by atoms with Gasteiger partial charge in [-0.15, -0.1) is 0 Å². The van der Waals surface area contributed by atoms with Crippen LogP contribution in [0.25, 0.3) is 0 Å². The first-order chi connectivity index (χ1) is 9.06. The minimum Gasteiger partial charge on any atom is -0.477 e. The van der Waals surface area contributed by atoms with Crippen molar-refractivity contribution in [2.24, 2.45) is 0 Å². The fourth-order valence-corrected chi connectivity index (χ4v) is 1.32. The van der Waals surface area contributed by atoms with Crippen molar-refractivity contribution in [2.45, 2.75) is 0 Å². The summed E-state index contributed by atoms with van der Waals surface area (Å²) in [4.78, 5) is 36.9. The van der Waals surface area contributed by atoms with Gasteiger partial charge in [0.2, 0.25) is 0 Å². The highest BCUT2D eigenvalue weighted by atomic mass is 16.4. The average Bonchev–Trinajstić information content (AvgIpc) is 2.39. The maximum Gasteiger partial charge on any atom is 0.354 e. The summed E-state index contributed by atoms with van der Waals surface area (Å²) in [5, 5.41) is 11.2. The highest BCUT2D eigenvalue weighted by Crippen LogP contribution is 2.10. The molecule has 0 radical (unpaired) electrons. The second-order valence-corrected chi connectivity index (χ2v) is 3.53. The monoisotopic (exact) mass is 260 g/mol. The number of hydrogen-bond acceptors (Lipinski definition) is 5. The number of nitrogens with one attached hydrogen (secondary N) is 1. The van der Waals surface area contributed by atoms with Gasteiger partial charge in [0.1, 0.15) is 12.0 Å². The first kappa shape index (κ1) is 12.5. The number of carbonyl (C=O) groups is 2. The van der Waals surface area contributed by atoms with Gasteiger partial charge in [-0.05, 0) is 18.2 Å². The highest BCUT2D eigenvalue weighted by Gasteiger charge is 2.09. The molecule has 0 atom stereocenters. The molecule has 2 aromatic rings. The zero-order valence-electron chi connectivity index (χ0n) is 9.49. The van der Waals surface area contributed by atoms with Crippen LogP contribution < -0.4 is 10.9 Å². The van der Waals surface area contributed by atoms with Gasteiger partial charge in [0.25, 0.3) is 5.91 Å². The lowest BCUT2D eigenvalue weighted by molar-refractivity contribution is 0.0690. The third-order valence-electron chi connectivity index (χ3n) is 2.20. The third kappa shape index (κ3) is 3.03. The Morgan fingerprint density at radius 3 is 2.68 bits per heavy atom. The Hall–Kier alpha value is -2.96. The van der Waals surface area contributed by atoms with Crippen LogP contribution in [0.15, 0.2) is 45.9 Å².